The molecule has 1 fully saturated rings. The standard InChI is InChI=1S/C16H22F2N2O3/c1-16(22)8-4-10-20(11-16)15(21)19-9-7-12-5-2-3-6-13(12)23-14(17)18/h2-3,5-6,14,22H,4,7-11H2,1H3,(H,19,21). The summed E-state index contributed by atoms with van der Waals surface area (Å²) in [4.78, 5) is 13.7. The summed E-state index contributed by atoms with van der Waals surface area (Å²) in [6.07, 6.45) is 1.82. The van der Waals surface area contributed by atoms with E-state index in [-0.39, 0.29) is 11.8 Å². The Hall–Kier alpha value is -1.89. The summed E-state index contributed by atoms with van der Waals surface area (Å²) in [5.41, 5.74) is -0.244. The topological polar surface area (TPSA) is 61.8 Å². The number of carbonyl (C=O) groups is 1. The number of carbonyl (C=O) groups excluding carboxylic acids is 1. The number of para-hydroxylation sites is 1. The minimum atomic E-state index is -2.87. The van der Waals surface area contributed by atoms with E-state index >= 15 is 0 Å². The minimum absolute atomic E-state index is 0.123. The maximum absolute atomic E-state index is 12.3. The van der Waals surface area contributed by atoms with Crippen LogP contribution in [0, 0.1) is 0 Å². The van der Waals surface area contributed by atoms with Crippen LogP contribution in [0.4, 0.5) is 13.6 Å². The predicted octanol–water partition coefficient (Wildman–Crippen LogP) is 2.39. The molecular formula is C16H22F2N2O3. The van der Waals surface area contributed by atoms with E-state index in [4.69, 9.17) is 0 Å². The van der Waals surface area contributed by atoms with Crippen LogP contribution < -0.4 is 10.1 Å². The lowest BCUT2D eigenvalue weighted by atomic mass is 9.95. The highest BCUT2D eigenvalue weighted by Crippen LogP contribution is 2.21. The van der Waals surface area contributed by atoms with Crippen molar-refractivity contribution in [3.05, 3.63) is 29.8 Å². The molecule has 1 aliphatic rings. The second kappa shape index (κ2) is 7.59. The van der Waals surface area contributed by atoms with Gasteiger partial charge in [0.05, 0.1) is 12.1 Å². The third-order valence-corrected chi connectivity index (χ3v) is 3.82. The van der Waals surface area contributed by atoms with E-state index in [1.165, 1.54) is 6.07 Å². The Balaban J connectivity index is 1.84. The molecule has 128 valence electrons. The maximum atomic E-state index is 12.3. The Kier molecular flexibility index (Phi) is 5.76. The van der Waals surface area contributed by atoms with Crippen molar-refractivity contribution < 1.29 is 23.4 Å². The van der Waals surface area contributed by atoms with E-state index in [9.17, 15) is 18.7 Å². The Morgan fingerprint density at radius 1 is 1.48 bits per heavy atom. The van der Waals surface area contributed by atoms with Gasteiger partial charge in [0.2, 0.25) is 0 Å². The largest absolute Gasteiger partial charge is 0.435 e. The highest BCUT2D eigenvalue weighted by molar-refractivity contribution is 5.74. The van der Waals surface area contributed by atoms with Gasteiger partial charge < -0.3 is 20.1 Å². The molecule has 1 atom stereocenters. The number of urea groups is 1. The van der Waals surface area contributed by atoms with E-state index in [1.807, 2.05) is 0 Å². The number of aliphatic hydroxyl groups is 1. The first-order valence-electron chi connectivity index (χ1n) is 7.65. The molecule has 2 amide bonds. The number of alkyl halides is 2. The zero-order chi connectivity index (χ0) is 16.9. The SMILES string of the molecule is CC1(O)CCCN(C(=O)NCCc2ccccc2OC(F)F)C1. The lowest BCUT2D eigenvalue weighted by Crippen LogP contribution is -2.52. The molecule has 0 saturated carbocycles. The van der Waals surface area contributed by atoms with Gasteiger partial charge in [0.15, 0.2) is 0 Å². The first kappa shape index (κ1) is 17.5. The van der Waals surface area contributed by atoms with Crippen LogP contribution in [-0.2, 0) is 6.42 Å². The van der Waals surface area contributed by atoms with Crippen LogP contribution in [0.15, 0.2) is 24.3 Å². The Labute approximate surface area is 134 Å². The number of β-amino-alcohol motifs (C(OH)–C–C–N with tert-alkyl or cyclic N) is 1. The molecule has 1 aromatic carbocycles. The molecule has 0 radical (unpaired) electrons. The molecule has 0 spiro atoms. The summed E-state index contributed by atoms with van der Waals surface area (Å²) in [6.45, 7) is 0.0453. The van der Waals surface area contributed by atoms with Crippen molar-refractivity contribution in [3.8, 4) is 5.75 Å². The minimum Gasteiger partial charge on any atom is -0.435 e. The zero-order valence-corrected chi connectivity index (χ0v) is 13.1. The van der Waals surface area contributed by atoms with Crippen molar-refractivity contribution in [3.63, 3.8) is 0 Å². The van der Waals surface area contributed by atoms with Gasteiger partial charge in [-0.3, -0.25) is 0 Å². The number of benzene rings is 1. The van der Waals surface area contributed by atoms with Crippen LogP contribution in [0.3, 0.4) is 0 Å². The molecule has 1 aliphatic heterocycles. The molecule has 7 heteroatoms. The summed E-state index contributed by atoms with van der Waals surface area (Å²) in [5, 5.41) is 12.8. The molecule has 2 rings (SSSR count). The monoisotopic (exact) mass is 328 g/mol. The van der Waals surface area contributed by atoms with Crippen molar-refractivity contribution in [2.75, 3.05) is 19.6 Å². The van der Waals surface area contributed by atoms with Gasteiger partial charge >= 0.3 is 12.6 Å². The average molecular weight is 328 g/mol. The van der Waals surface area contributed by atoms with Gasteiger partial charge in [-0.2, -0.15) is 8.78 Å². The Morgan fingerprint density at radius 3 is 2.91 bits per heavy atom. The molecular weight excluding hydrogens is 306 g/mol. The fourth-order valence-electron chi connectivity index (χ4n) is 2.73. The fourth-order valence-corrected chi connectivity index (χ4v) is 2.73. The number of hydrogen-bond donors (Lipinski definition) is 2. The molecule has 2 N–H and O–H groups in total. The number of amides is 2. The van der Waals surface area contributed by atoms with Crippen molar-refractivity contribution in [1.82, 2.24) is 10.2 Å². The van der Waals surface area contributed by atoms with Crippen molar-refractivity contribution >= 4 is 6.03 Å². The molecule has 5 nitrogen and oxygen atoms in total. The number of hydrogen-bond acceptors (Lipinski definition) is 3. The number of rotatable bonds is 5. The van der Waals surface area contributed by atoms with Crippen molar-refractivity contribution in [1.29, 1.82) is 0 Å². The number of nitrogens with one attached hydrogen (secondary N) is 1. The van der Waals surface area contributed by atoms with E-state index in [1.54, 1.807) is 30.0 Å². The molecule has 1 heterocycles. The summed E-state index contributed by atoms with van der Waals surface area (Å²) < 4.78 is 29.1. The number of ether oxygens (including phenoxy) is 1. The molecule has 1 unspecified atom stereocenters. The first-order chi connectivity index (χ1) is 10.9. The normalized spacial score (nSPS) is 21.3. The van der Waals surface area contributed by atoms with Gasteiger partial charge in [0.25, 0.3) is 0 Å². The van der Waals surface area contributed by atoms with Gasteiger partial charge in [-0.25, -0.2) is 4.79 Å². The average Bonchev–Trinajstić information content (AvgIpc) is 2.47. The van der Waals surface area contributed by atoms with Gasteiger partial charge in [0.1, 0.15) is 5.75 Å². The highest BCUT2D eigenvalue weighted by Gasteiger charge is 2.30. The van der Waals surface area contributed by atoms with Crippen LogP contribution in [-0.4, -0.2) is 47.9 Å². The molecule has 0 aliphatic carbocycles. The zero-order valence-electron chi connectivity index (χ0n) is 13.1. The second-order valence-electron chi connectivity index (χ2n) is 5.99. The highest BCUT2D eigenvalue weighted by atomic mass is 19.3. The summed E-state index contributed by atoms with van der Waals surface area (Å²) >= 11 is 0. The lowest BCUT2D eigenvalue weighted by Gasteiger charge is -2.36. The smallest absolute Gasteiger partial charge is 0.387 e. The fraction of sp³-hybridized carbons (Fsp3) is 0.562. The van der Waals surface area contributed by atoms with Crippen LogP contribution >= 0.6 is 0 Å². The van der Waals surface area contributed by atoms with Gasteiger partial charge in [-0.1, -0.05) is 18.2 Å². The first-order valence-corrected chi connectivity index (χ1v) is 7.65. The molecule has 0 bridgehead atoms. The van der Waals surface area contributed by atoms with Crippen molar-refractivity contribution in [2.45, 2.75) is 38.4 Å². The third-order valence-electron chi connectivity index (χ3n) is 3.82. The maximum Gasteiger partial charge on any atom is 0.387 e. The second-order valence-corrected chi connectivity index (χ2v) is 5.99. The van der Waals surface area contributed by atoms with Crippen LogP contribution in [0.1, 0.15) is 25.3 Å². The van der Waals surface area contributed by atoms with E-state index in [0.29, 0.717) is 38.0 Å². The quantitative estimate of drug-likeness (QED) is 0.872. The third kappa shape index (κ3) is 5.35. The molecule has 1 saturated heterocycles. The molecule has 1 aromatic rings. The predicted molar refractivity (Wildman–Crippen MR) is 81.6 cm³/mol. The summed E-state index contributed by atoms with van der Waals surface area (Å²) in [5.74, 6) is 0.123. The van der Waals surface area contributed by atoms with E-state index in [0.717, 1.165) is 6.42 Å². The number of likely N-dealkylation sites (tertiary alicyclic amines) is 1. The lowest BCUT2D eigenvalue weighted by molar-refractivity contribution is -0.0504. The molecule has 0 aromatic heterocycles. The van der Waals surface area contributed by atoms with Crippen LogP contribution in [0.5, 0.6) is 5.75 Å². The van der Waals surface area contributed by atoms with Gasteiger partial charge in [-0.15, -0.1) is 0 Å². The van der Waals surface area contributed by atoms with Crippen LogP contribution in [0.2, 0.25) is 0 Å². The number of nitrogens with zero attached hydrogens (tertiary/aromatic N) is 1. The van der Waals surface area contributed by atoms with Gasteiger partial charge in [0, 0.05) is 13.1 Å². The van der Waals surface area contributed by atoms with Crippen LogP contribution in [0.25, 0.3) is 0 Å². The summed E-state index contributed by atoms with van der Waals surface area (Å²) in [7, 11) is 0. The number of halogens is 2. The van der Waals surface area contributed by atoms with Crippen molar-refractivity contribution in [2.24, 2.45) is 0 Å². The molecule has 23 heavy (non-hydrogen) atoms. The summed E-state index contributed by atoms with van der Waals surface area (Å²) in [6, 6.07) is 6.27. The van der Waals surface area contributed by atoms with E-state index in [2.05, 4.69) is 10.1 Å². The Morgan fingerprint density at radius 2 is 2.22 bits per heavy atom. The number of piperidine rings is 1. The Bertz CT molecular complexity index is 538. The van der Waals surface area contributed by atoms with E-state index < -0.39 is 12.2 Å². The van der Waals surface area contributed by atoms with Gasteiger partial charge in [-0.05, 0) is 37.8 Å².